The van der Waals surface area contributed by atoms with Crippen molar-refractivity contribution in [1.29, 1.82) is 0 Å². The highest BCUT2D eigenvalue weighted by Gasteiger charge is 2.22. The second-order valence-electron chi connectivity index (χ2n) is 6.72. The zero-order chi connectivity index (χ0) is 16.9. The van der Waals surface area contributed by atoms with Crippen molar-refractivity contribution < 1.29 is 9.32 Å². The molecule has 4 nitrogen and oxygen atoms in total. The van der Waals surface area contributed by atoms with Crippen molar-refractivity contribution in [2.75, 3.05) is 13.1 Å². The molecule has 0 saturated carbocycles. The van der Waals surface area contributed by atoms with Crippen LogP contribution < -0.4 is 0 Å². The van der Waals surface area contributed by atoms with E-state index in [4.69, 9.17) is 4.52 Å². The van der Waals surface area contributed by atoms with Crippen molar-refractivity contribution in [3.8, 4) is 0 Å². The summed E-state index contributed by atoms with van der Waals surface area (Å²) in [6, 6.07) is 10.7. The molecule has 0 N–H and O–H groups in total. The number of carbonyl (C=O) groups excluding carboxylic acids is 1. The molecule has 0 aliphatic carbocycles. The molecule has 0 radical (unpaired) electrons. The highest BCUT2D eigenvalue weighted by atomic mass is 16.5. The number of benzene rings is 1. The Bertz CT molecular complexity index is 659. The first-order valence-electron chi connectivity index (χ1n) is 8.89. The molecule has 1 saturated heterocycles. The molecule has 1 aromatic heterocycles. The maximum atomic E-state index is 12.6. The zero-order valence-electron chi connectivity index (χ0n) is 14.6. The quantitative estimate of drug-likeness (QED) is 0.852. The number of carbonyl (C=O) groups is 1. The van der Waals surface area contributed by atoms with E-state index in [1.165, 1.54) is 5.56 Å². The molecular formula is C20H26N2O2. The molecule has 1 atom stereocenters. The van der Waals surface area contributed by atoms with Crippen LogP contribution in [0.15, 0.2) is 34.9 Å². The smallest absolute Gasteiger partial charge is 0.222 e. The van der Waals surface area contributed by atoms with Crippen molar-refractivity contribution in [2.24, 2.45) is 0 Å². The van der Waals surface area contributed by atoms with Crippen LogP contribution in [0.1, 0.15) is 54.2 Å². The number of nitrogens with zero attached hydrogens (tertiary/aromatic N) is 2. The predicted molar refractivity (Wildman–Crippen MR) is 93.9 cm³/mol. The number of aromatic nitrogens is 1. The molecule has 1 amide bonds. The van der Waals surface area contributed by atoms with Gasteiger partial charge in [0.1, 0.15) is 5.76 Å². The van der Waals surface area contributed by atoms with E-state index in [9.17, 15) is 4.79 Å². The van der Waals surface area contributed by atoms with Crippen LogP contribution in [-0.4, -0.2) is 29.1 Å². The lowest BCUT2D eigenvalue weighted by Crippen LogP contribution is -2.32. The summed E-state index contributed by atoms with van der Waals surface area (Å²) in [5.74, 6) is 1.66. The van der Waals surface area contributed by atoms with Crippen LogP contribution in [0.4, 0.5) is 0 Å². The number of aryl methyl sites for hydroxylation is 2. The first-order chi connectivity index (χ1) is 11.6. The van der Waals surface area contributed by atoms with Crippen molar-refractivity contribution in [3.63, 3.8) is 0 Å². The van der Waals surface area contributed by atoms with Gasteiger partial charge in [0.2, 0.25) is 5.91 Å². The van der Waals surface area contributed by atoms with Gasteiger partial charge in [-0.3, -0.25) is 4.79 Å². The van der Waals surface area contributed by atoms with Crippen molar-refractivity contribution in [2.45, 2.75) is 51.9 Å². The lowest BCUT2D eigenvalue weighted by molar-refractivity contribution is -0.131. The van der Waals surface area contributed by atoms with E-state index in [0.717, 1.165) is 55.8 Å². The monoisotopic (exact) mass is 326 g/mol. The zero-order valence-corrected chi connectivity index (χ0v) is 14.6. The lowest BCUT2D eigenvalue weighted by Gasteiger charge is -2.21. The number of amides is 1. The summed E-state index contributed by atoms with van der Waals surface area (Å²) in [4.78, 5) is 14.6. The van der Waals surface area contributed by atoms with E-state index in [-0.39, 0.29) is 5.91 Å². The highest BCUT2D eigenvalue weighted by Crippen LogP contribution is 2.28. The summed E-state index contributed by atoms with van der Waals surface area (Å²) in [7, 11) is 0. The van der Waals surface area contributed by atoms with Gasteiger partial charge in [-0.1, -0.05) is 35.5 Å². The molecule has 3 rings (SSSR count). The molecule has 2 aromatic rings. The van der Waals surface area contributed by atoms with Gasteiger partial charge < -0.3 is 9.42 Å². The molecule has 0 spiro atoms. The van der Waals surface area contributed by atoms with Gasteiger partial charge in [-0.2, -0.15) is 0 Å². The third-order valence-corrected chi connectivity index (χ3v) is 5.12. The number of hydrogen-bond acceptors (Lipinski definition) is 3. The van der Waals surface area contributed by atoms with Crippen LogP contribution in [0.25, 0.3) is 0 Å². The van der Waals surface area contributed by atoms with Crippen LogP contribution in [0.3, 0.4) is 0 Å². The highest BCUT2D eigenvalue weighted by molar-refractivity contribution is 5.76. The van der Waals surface area contributed by atoms with Gasteiger partial charge in [0.15, 0.2) is 0 Å². The van der Waals surface area contributed by atoms with E-state index in [1.807, 2.05) is 18.7 Å². The summed E-state index contributed by atoms with van der Waals surface area (Å²) in [5, 5.41) is 3.97. The molecule has 1 aliphatic rings. The Labute approximate surface area is 143 Å². The standard InChI is InChI=1S/C20H26N2O2/c1-15-19(16(2)24-21-15)10-11-20(23)22-13-6-9-18(12-14-22)17-7-4-3-5-8-17/h3-5,7-8,18H,6,9-14H2,1-2H3. The lowest BCUT2D eigenvalue weighted by atomic mass is 9.92. The average Bonchev–Trinajstić information content (AvgIpc) is 2.81. The maximum absolute atomic E-state index is 12.6. The second kappa shape index (κ2) is 7.65. The molecule has 1 aliphatic heterocycles. The maximum Gasteiger partial charge on any atom is 0.222 e. The van der Waals surface area contributed by atoms with Crippen LogP contribution in [-0.2, 0) is 11.2 Å². The van der Waals surface area contributed by atoms with E-state index >= 15 is 0 Å². The number of rotatable bonds is 4. The fourth-order valence-corrected chi connectivity index (χ4v) is 3.65. The molecule has 0 bridgehead atoms. The minimum Gasteiger partial charge on any atom is -0.361 e. The minimum atomic E-state index is 0.253. The van der Waals surface area contributed by atoms with Crippen molar-refractivity contribution in [1.82, 2.24) is 10.1 Å². The SMILES string of the molecule is Cc1noc(C)c1CCC(=O)N1CCCC(c2ccccc2)CC1. The van der Waals surface area contributed by atoms with E-state index in [2.05, 4.69) is 35.5 Å². The van der Waals surface area contributed by atoms with E-state index < -0.39 is 0 Å². The molecular weight excluding hydrogens is 300 g/mol. The summed E-state index contributed by atoms with van der Waals surface area (Å²) in [6.07, 6.45) is 4.56. The number of hydrogen-bond donors (Lipinski definition) is 0. The summed E-state index contributed by atoms with van der Waals surface area (Å²) in [6.45, 7) is 5.59. The van der Waals surface area contributed by atoms with E-state index in [0.29, 0.717) is 12.3 Å². The van der Waals surface area contributed by atoms with Crippen molar-refractivity contribution in [3.05, 3.63) is 52.9 Å². The normalized spacial score (nSPS) is 18.4. The van der Waals surface area contributed by atoms with Gasteiger partial charge in [0.05, 0.1) is 5.69 Å². The summed E-state index contributed by atoms with van der Waals surface area (Å²) in [5.41, 5.74) is 3.39. The van der Waals surface area contributed by atoms with Crippen LogP contribution in [0.2, 0.25) is 0 Å². The predicted octanol–water partition coefficient (Wildman–Crippen LogP) is 4.02. The van der Waals surface area contributed by atoms with Crippen LogP contribution in [0.5, 0.6) is 0 Å². The molecule has 1 aromatic carbocycles. The molecule has 1 unspecified atom stereocenters. The van der Waals surface area contributed by atoms with Gasteiger partial charge in [-0.05, 0) is 51.0 Å². The van der Waals surface area contributed by atoms with Crippen LogP contribution in [0, 0.1) is 13.8 Å². The average molecular weight is 326 g/mol. The minimum absolute atomic E-state index is 0.253. The van der Waals surface area contributed by atoms with Crippen molar-refractivity contribution >= 4 is 5.91 Å². The second-order valence-corrected chi connectivity index (χ2v) is 6.72. The molecule has 1 fully saturated rings. The topological polar surface area (TPSA) is 46.3 Å². The van der Waals surface area contributed by atoms with Gasteiger partial charge in [0, 0.05) is 25.1 Å². The first kappa shape index (κ1) is 16.7. The Morgan fingerprint density at radius 1 is 1.21 bits per heavy atom. The van der Waals surface area contributed by atoms with Gasteiger partial charge in [0.25, 0.3) is 0 Å². The fourth-order valence-electron chi connectivity index (χ4n) is 3.65. The molecule has 128 valence electrons. The largest absolute Gasteiger partial charge is 0.361 e. The Balaban J connectivity index is 1.55. The molecule has 2 heterocycles. The van der Waals surface area contributed by atoms with Gasteiger partial charge in [-0.25, -0.2) is 0 Å². The Kier molecular flexibility index (Phi) is 5.34. The Morgan fingerprint density at radius 3 is 2.71 bits per heavy atom. The molecule has 24 heavy (non-hydrogen) atoms. The van der Waals surface area contributed by atoms with E-state index in [1.54, 1.807) is 0 Å². The summed E-state index contributed by atoms with van der Waals surface area (Å²) < 4.78 is 5.18. The fraction of sp³-hybridized carbons (Fsp3) is 0.500. The first-order valence-corrected chi connectivity index (χ1v) is 8.89. The number of likely N-dealkylation sites (tertiary alicyclic amines) is 1. The molecule has 4 heteroatoms. The third kappa shape index (κ3) is 3.86. The van der Waals surface area contributed by atoms with Crippen LogP contribution >= 0.6 is 0 Å². The Hall–Kier alpha value is -2.10. The third-order valence-electron chi connectivity index (χ3n) is 5.12. The van der Waals surface area contributed by atoms with Gasteiger partial charge >= 0.3 is 0 Å². The van der Waals surface area contributed by atoms with Gasteiger partial charge in [-0.15, -0.1) is 0 Å². The Morgan fingerprint density at radius 2 is 2.00 bits per heavy atom. The summed E-state index contributed by atoms with van der Waals surface area (Å²) >= 11 is 0.